The second-order valence-corrected chi connectivity index (χ2v) is 4.77. The predicted molar refractivity (Wildman–Crippen MR) is 71.5 cm³/mol. The molecule has 0 aliphatic carbocycles. The Hall–Kier alpha value is -0.610. The van der Waals surface area contributed by atoms with Gasteiger partial charge in [0.1, 0.15) is 0 Å². The van der Waals surface area contributed by atoms with Gasteiger partial charge in [-0.05, 0) is 38.8 Å². The molecule has 0 amide bonds. The molecule has 18 heavy (non-hydrogen) atoms. The summed E-state index contributed by atoms with van der Waals surface area (Å²) in [6.45, 7) is 10.2. The van der Waals surface area contributed by atoms with Crippen LogP contribution in [0.4, 0.5) is 0 Å². The molecule has 1 fully saturated rings. The van der Waals surface area contributed by atoms with Crippen molar-refractivity contribution >= 4 is 5.97 Å². The Kier molecular flexibility index (Phi) is 7.28. The zero-order chi connectivity index (χ0) is 13.4. The molecule has 0 spiro atoms. The van der Waals surface area contributed by atoms with Gasteiger partial charge in [0.2, 0.25) is 0 Å². The predicted octanol–water partition coefficient (Wildman–Crippen LogP) is 2.08. The minimum absolute atomic E-state index is 0.0834. The third kappa shape index (κ3) is 4.58. The topological polar surface area (TPSA) is 38.8 Å². The van der Waals surface area contributed by atoms with E-state index in [1.54, 1.807) is 0 Å². The Morgan fingerprint density at radius 3 is 2.61 bits per heavy atom. The fraction of sp³-hybridized carbons (Fsp3) is 0.929. The van der Waals surface area contributed by atoms with Crippen LogP contribution in [0.5, 0.6) is 0 Å². The average Bonchev–Trinajstić information content (AvgIpc) is 2.40. The Balaban J connectivity index is 2.63. The van der Waals surface area contributed by atoms with Crippen molar-refractivity contribution < 1.29 is 14.3 Å². The Labute approximate surface area is 111 Å². The Morgan fingerprint density at radius 1 is 1.39 bits per heavy atom. The molecule has 1 rings (SSSR count). The second-order valence-electron chi connectivity index (χ2n) is 4.77. The molecule has 0 aromatic carbocycles. The van der Waals surface area contributed by atoms with Crippen molar-refractivity contribution in [2.75, 3.05) is 32.9 Å². The van der Waals surface area contributed by atoms with Crippen molar-refractivity contribution in [3.05, 3.63) is 0 Å². The van der Waals surface area contributed by atoms with Crippen molar-refractivity contribution in [1.82, 2.24) is 4.90 Å². The van der Waals surface area contributed by atoms with Gasteiger partial charge in [-0.2, -0.15) is 0 Å². The molecule has 0 aromatic rings. The van der Waals surface area contributed by atoms with Crippen molar-refractivity contribution in [1.29, 1.82) is 0 Å². The maximum absolute atomic E-state index is 11.7. The maximum atomic E-state index is 11.7. The minimum Gasteiger partial charge on any atom is -0.466 e. The van der Waals surface area contributed by atoms with E-state index < -0.39 is 0 Å². The highest BCUT2D eigenvalue weighted by Crippen LogP contribution is 2.24. The SMILES string of the molecule is CCOC(=O)CC(C1CCCOC1)N(CC)CC. The molecule has 0 radical (unpaired) electrons. The molecule has 1 aliphatic heterocycles. The van der Waals surface area contributed by atoms with Crippen LogP contribution in [0.25, 0.3) is 0 Å². The van der Waals surface area contributed by atoms with Crippen molar-refractivity contribution in [3.63, 3.8) is 0 Å². The number of esters is 1. The summed E-state index contributed by atoms with van der Waals surface area (Å²) in [6, 6.07) is 0.263. The van der Waals surface area contributed by atoms with Gasteiger partial charge in [-0.25, -0.2) is 0 Å². The fourth-order valence-corrected chi connectivity index (χ4v) is 2.75. The van der Waals surface area contributed by atoms with E-state index in [0.29, 0.717) is 18.9 Å². The molecule has 4 heteroatoms. The number of carbonyl (C=O) groups excluding carboxylic acids is 1. The van der Waals surface area contributed by atoms with Crippen molar-refractivity contribution in [2.24, 2.45) is 5.92 Å². The van der Waals surface area contributed by atoms with Gasteiger partial charge >= 0.3 is 5.97 Å². The third-order valence-corrected chi connectivity index (χ3v) is 3.70. The summed E-state index contributed by atoms with van der Waals surface area (Å²) >= 11 is 0. The summed E-state index contributed by atoms with van der Waals surface area (Å²) in [5.41, 5.74) is 0. The van der Waals surface area contributed by atoms with Gasteiger partial charge in [0.25, 0.3) is 0 Å². The summed E-state index contributed by atoms with van der Waals surface area (Å²) in [4.78, 5) is 14.1. The lowest BCUT2D eigenvalue weighted by Crippen LogP contribution is -2.45. The number of ether oxygens (including phenoxy) is 2. The maximum Gasteiger partial charge on any atom is 0.307 e. The standard InChI is InChI=1S/C14H27NO3/c1-4-15(5-2)13(10-14(16)18-6-3)12-8-7-9-17-11-12/h12-13H,4-11H2,1-3H3. The summed E-state index contributed by atoms with van der Waals surface area (Å²) in [7, 11) is 0. The lowest BCUT2D eigenvalue weighted by atomic mass is 9.90. The van der Waals surface area contributed by atoms with E-state index in [4.69, 9.17) is 9.47 Å². The molecule has 0 bridgehead atoms. The molecule has 1 saturated heterocycles. The molecule has 2 unspecified atom stereocenters. The zero-order valence-corrected chi connectivity index (χ0v) is 12.0. The highest BCUT2D eigenvalue weighted by atomic mass is 16.5. The number of rotatable bonds is 7. The van der Waals surface area contributed by atoms with E-state index in [1.165, 1.54) is 0 Å². The van der Waals surface area contributed by atoms with Crippen LogP contribution in [0.1, 0.15) is 40.0 Å². The van der Waals surface area contributed by atoms with E-state index in [1.807, 2.05) is 6.92 Å². The Bertz CT molecular complexity index is 235. The Morgan fingerprint density at radius 2 is 2.11 bits per heavy atom. The lowest BCUT2D eigenvalue weighted by molar-refractivity contribution is -0.145. The third-order valence-electron chi connectivity index (χ3n) is 3.70. The zero-order valence-electron chi connectivity index (χ0n) is 12.0. The molecular formula is C14H27NO3. The van der Waals surface area contributed by atoms with Crippen LogP contribution in [0, 0.1) is 5.92 Å². The van der Waals surface area contributed by atoms with Crippen LogP contribution in [0.2, 0.25) is 0 Å². The van der Waals surface area contributed by atoms with Crippen LogP contribution in [-0.4, -0.2) is 49.8 Å². The second kappa shape index (κ2) is 8.48. The van der Waals surface area contributed by atoms with E-state index >= 15 is 0 Å². The fourth-order valence-electron chi connectivity index (χ4n) is 2.75. The molecule has 0 aromatic heterocycles. The van der Waals surface area contributed by atoms with Crippen LogP contribution < -0.4 is 0 Å². The largest absolute Gasteiger partial charge is 0.466 e. The lowest BCUT2D eigenvalue weighted by Gasteiger charge is -2.37. The first kappa shape index (κ1) is 15.4. The molecule has 1 aliphatic rings. The van der Waals surface area contributed by atoms with E-state index in [-0.39, 0.29) is 12.0 Å². The molecule has 1 heterocycles. The first-order valence-corrected chi connectivity index (χ1v) is 7.20. The van der Waals surface area contributed by atoms with E-state index in [2.05, 4.69) is 18.7 Å². The van der Waals surface area contributed by atoms with Gasteiger partial charge in [0.15, 0.2) is 0 Å². The quantitative estimate of drug-likeness (QED) is 0.655. The van der Waals surface area contributed by atoms with Gasteiger partial charge in [0, 0.05) is 12.6 Å². The normalized spacial score (nSPS) is 21.9. The van der Waals surface area contributed by atoms with E-state index in [0.717, 1.165) is 39.1 Å². The highest BCUT2D eigenvalue weighted by Gasteiger charge is 2.30. The van der Waals surface area contributed by atoms with Crippen LogP contribution in [0.15, 0.2) is 0 Å². The summed E-state index contributed by atoms with van der Waals surface area (Å²) in [5, 5.41) is 0. The summed E-state index contributed by atoms with van der Waals surface area (Å²) < 4.78 is 10.7. The number of nitrogens with zero attached hydrogens (tertiary/aromatic N) is 1. The smallest absolute Gasteiger partial charge is 0.307 e. The van der Waals surface area contributed by atoms with Gasteiger partial charge in [0.05, 0.1) is 19.6 Å². The molecule has 4 nitrogen and oxygen atoms in total. The van der Waals surface area contributed by atoms with Crippen molar-refractivity contribution in [3.8, 4) is 0 Å². The van der Waals surface area contributed by atoms with Gasteiger partial charge in [-0.1, -0.05) is 13.8 Å². The first-order valence-electron chi connectivity index (χ1n) is 7.20. The van der Waals surface area contributed by atoms with Gasteiger partial charge in [-0.3, -0.25) is 9.69 Å². The summed E-state index contributed by atoms with van der Waals surface area (Å²) in [6.07, 6.45) is 2.75. The van der Waals surface area contributed by atoms with E-state index in [9.17, 15) is 4.79 Å². The van der Waals surface area contributed by atoms with Crippen LogP contribution in [0.3, 0.4) is 0 Å². The molecule has 0 saturated carbocycles. The average molecular weight is 257 g/mol. The minimum atomic E-state index is -0.0834. The van der Waals surface area contributed by atoms with Crippen LogP contribution in [-0.2, 0) is 14.3 Å². The monoisotopic (exact) mass is 257 g/mol. The molecule has 106 valence electrons. The number of hydrogen-bond acceptors (Lipinski definition) is 4. The molecular weight excluding hydrogens is 230 g/mol. The highest BCUT2D eigenvalue weighted by molar-refractivity contribution is 5.70. The molecule has 2 atom stereocenters. The molecule has 0 N–H and O–H groups in total. The van der Waals surface area contributed by atoms with Gasteiger partial charge in [-0.15, -0.1) is 0 Å². The van der Waals surface area contributed by atoms with Crippen LogP contribution >= 0.6 is 0 Å². The summed E-state index contributed by atoms with van der Waals surface area (Å²) in [5.74, 6) is 0.378. The number of hydrogen-bond donors (Lipinski definition) is 0. The first-order chi connectivity index (χ1) is 8.72. The number of carbonyl (C=O) groups is 1. The van der Waals surface area contributed by atoms with Gasteiger partial charge < -0.3 is 9.47 Å². The van der Waals surface area contributed by atoms with Crippen molar-refractivity contribution in [2.45, 2.75) is 46.1 Å².